The standard InChI is InChI=1S/C19H16F4N4O2S/c1-28-15-5-3-11(9-24-27-18(17(22)23)25-26-19(27)30-2)7-12(15)10-29-16-6-4-13(20)8-14(16)21/h3-9,17H,10H2,1-2H3/b24-9+. The molecule has 0 spiro atoms. The van der Waals surface area contributed by atoms with Crippen molar-refractivity contribution in [2.45, 2.75) is 18.2 Å². The van der Waals surface area contributed by atoms with Crippen LogP contribution in [0, 0.1) is 11.6 Å². The molecule has 0 aliphatic carbocycles. The van der Waals surface area contributed by atoms with Crippen LogP contribution in [0.2, 0.25) is 0 Å². The fourth-order valence-corrected chi connectivity index (χ4v) is 2.95. The van der Waals surface area contributed by atoms with E-state index in [0.29, 0.717) is 16.9 Å². The van der Waals surface area contributed by atoms with Crippen molar-refractivity contribution in [3.8, 4) is 11.5 Å². The predicted molar refractivity (Wildman–Crippen MR) is 103 cm³/mol. The van der Waals surface area contributed by atoms with Crippen molar-refractivity contribution in [1.29, 1.82) is 0 Å². The fourth-order valence-electron chi connectivity index (χ4n) is 2.51. The van der Waals surface area contributed by atoms with E-state index < -0.39 is 23.9 Å². The molecular weight excluding hydrogens is 424 g/mol. The van der Waals surface area contributed by atoms with Crippen molar-refractivity contribution in [2.24, 2.45) is 5.10 Å². The van der Waals surface area contributed by atoms with Gasteiger partial charge in [0.25, 0.3) is 6.43 Å². The third kappa shape index (κ3) is 4.90. The number of alkyl halides is 2. The zero-order valence-corrected chi connectivity index (χ0v) is 16.7. The lowest BCUT2D eigenvalue weighted by Gasteiger charge is -2.12. The normalized spacial score (nSPS) is 11.4. The summed E-state index contributed by atoms with van der Waals surface area (Å²) in [5.74, 6) is -1.76. The molecule has 0 radical (unpaired) electrons. The molecule has 3 rings (SSSR count). The largest absolute Gasteiger partial charge is 0.496 e. The Hall–Kier alpha value is -3.08. The maximum atomic E-state index is 13.8. The Kier molecular flexibility index (Phi) is 6.93. The third-order valence-corrected chi connectivity index (χ3v) is 4.54. The van der Waals surface area contributed by atoms with Crippen molar-refractivity contribution < 1.29 is 27.0 Å². The number of ether oxygens (including phenoxy) is 2. The SMILES string of the molecule is COc1ccc(/C=N/n2c(SC)nnc2C(F)F)cc1COc1ccc(F)cc1F. The van der Waals surface area contributed by atoms with Crippen molar-refractivity contribution in [2.75, 3.05) is 13.4 Å². The van der Waals surface area contributed by atoms with E-state index >= 15 is 0 Å². The number of methoxy groups -OCH3 is 1. The van der Waals surface area contributed by atoms with E-state index in [9.17, 15) is 17.6 Å². The zero-order valence-electron chi connectivity index (χ0n) is 15.9. The minimum absolute atomic E-state index is 0.0710. The van der Waals surface area contributed by atoms with Gasteiger partial charge in [-0.1, -0.05) is 11.8 Å². The van der Waals surface area contributed by atoms with Crippen LogP contribution in [0.25, 0.3) is 0 Å². The molecule has 1 heterocycles. The van der Waals surface area contributed by atoms with E-state index in [-0.39, 0.29) is 17.5 Å². The van der Waals surface area contributed by atoms with E-state index in [1.54, 1.807) is 24.5 Å². The van der Waals surface area contributed by atoms with E-state index in [2.05, 4.69) is 15.3 Å². The van der Waals surface area contributed by atoms with Gasteiger partial charge in [-0.2, -0.15) is 9.78 Å². The van der Waals surface area contributed by atoms with Crippen LogP contribution in [0.5, 0.6) is 11.5 Å². The fraction of sp³-hybridized carbons (Fsp3) is 0.211. The molecule has 0 fully saturated rings. The number of aromatic nitrogens is 3. The summed E-state index contributed by atoms with van der Waals surface area (Å²) in [6.45, 7) is -0.0710. The zero-order chi connectivity index (χ0) is 21.7. The molecule has 11 heteroatoms. The summed E-state index contributed by atoms with van der Waals surface area (Å²) in [6.07, 6.45) is 0.194. The van der Waals surface area contributed by atoms with Crippen molar-refractivity contribution in [3.05, 3.63) is 65.0 Å². The van der Waals surface area contributed by atoms with Crippen LogP contribution in [-0.2, 0) is 6.61 Å². The van der Waals surface area contributed by atoms with Gasteiger partial charge in [0.2, 0.25) is 11.0 Å². The van der Waals surface area contributed by atoms with Gasteiger partial charge in [-0.3, -0.25) is 0 Å². The first-order valence-corrected chi connectivity index (χ1v) is 9.72. The molecule has 0 aliphatic rings. The number of thioether (sulfide) groups is 1. The van der Waals surface area contributed by atoms with Gasteiger partial charge in [0.1, 0.15) is 18.2 Å². The second-order valence-corrected chi connectivity index (χ2v) is 6.61. The van der Waals surface area contributed by atoms with E-state index in [1.807, 2.05) is 0 Å². The van der Waals surface area contributed by atoms with Gasteiger partial charge < -0.3 is 9.47 Å². The van der Waals surface area contributed by atoms with Crippen LogP contribution in [0.15, 0.2) is 46.7 Å². The van der Waals surface area contributed by atoms with Gasteiger partial charge in [-0.05, 0) is 42.2 Å². The van der Waals surface area contributed by atoms with E-state index in [1.165, 1.54) is 19.4 Å². The van der Waals surface area contributed by atoms with Crippen molar-refractivity contribution in [3.63, 3.8) is 0 Å². The van der Waals surface area contributed by atoms with Gasteiger partial charge in [0.05, 0.1) is 13.3 Å². The monoisotopic (exact) mass is 440 g/mol. The van der Waals surface area contributed by atoms with Crippen LogP contribution in [0.1, 0.15) is 23.4 Å². The number of hydrogen-bond acceptors (Lipinski definition) is 6. The van der Waals surface area contributed by atoms with Gasteiger partial charge >= 0.3 is 0 Å². The summed E-state index contributed by atoms with van der Waals surface area (Å²) in [6, 6.07) is 7.94. The highest BCUT2D eigenvalue weighted by atomic mass is 32.2. The molecule has 6 nitrogen and oxygen atoms in total. The Morgan fingerprint density at radius 3 is 2.57 bits per heavy atom. The molecule has 1 aromatic heterocycles. The van der Waals surface area contributed by atoms with Gasteiger partial charge in [0.15, 0.2) is 11.6 Å². The maximum Gasteiger partial charge on any atom is 0.299 e. The van der Waals surface area contributed by atoms with Gasteiger partial charge in [-0.25, -0.2) is 17.6 Å². The minimum Gasteiger partial charge on any atom is -0.496 e. The lowest BCUT2D eigenvalue weighted by atomic mass is 10.1. The lowest BCUT2D eigenvalue weighted by Crippen LogP contribution is -2.03. The van der Waals surface area contributed by atoms with Crippen molar-refractivity contribution >= 4 is 18.0 Å². The third-order valence-electron chi connectivity index (χ3n) is 3.92. The molecule has 3 aromatic rings. The molecule has 0 N–H and O–H groups in total. The Morgan fingerprint density at radius 1 is 1.13 bits per heavy atom. The summed E-state index contributed by atoms with van der Waals surface area (Å²) in [5.41, 5.74) is 1.10. The summed E-state index contributed by atoms with van der Waals surface area (Å²) in [5, 5.41) is 11.4. The van der Waals surface area contributed by atoms with E-state index in [4.69, 9.17) is 9.47 Å². The first-order chi connectivity index (χ1) is 14.4. The molecule has 0 saturated heterocycles. The number of nitrogens with zero attached hydrogens (tertiary/aromatic N) is 4. The topological polar surface area (TPSA) is 61.5 Å². The number of hydrogen-bond donors (Lipinski definition) is 0. The van der Waals surface area contributed by atoms with Gasteiger partial charge in [0, 0.05) is 11.6 Å². The summed E-state index contributed by atoms with van der Waals surface area (Å²) < 4.78 is 64.6. The highest BCUT2D eigenvalue weighted by Gasteiger charge is 2.19. The molecule has 0 aliphatic heterocycles. The average molecular weight is 440 g/mol. The molecule has 158 valence electrons. The summed E-state index contributed by atoms with van der Waals surface area (Å²) in [7, 11) is 1.46. The number of benzene rings is 2. The Morgan fingerprint density at radius 2 is 1.90 bits per heavy atom. The smallest absolute Gasteiger partial charge is 0.299 e. The molecular formula is C19H16F4N4O2S. The molecule has 0 unspecified atom stereocenters. The first kappa shape index (κ1) is 21.6. The Bertz CT molecular complexity index is 1060. The Labute approximate surface area is 173 Å². The molecule has 2 aromatic carbocycles. The van der Waals surface area contributed by atoms with Crippen LogP contribution in [0.4, 0.5) is 17.6 Å². The average Bonchev–Trinajstić information content (AvgIpc) is 3.15. The maximum absolute atomic E-state index is 13.8. The van der Waals surface area contributed by atoms with Crippen LogP contribution >= 0.6 is 11.8 Å². The molecule has 0 bridgehead atoms. The highest BCUT2D eigenvalue weighted by Crippen LogP contribution is 2.25. The van der Waals surface area contributed by atoms with Crippen LogP contribution in [0.3, 0.4) is 0 Å². The lowest BCUT2D eigenvalue weighted by molar-refractivity contribution is 0.135. The van der Waals surface area contributed by atoms with Gasteiger partial charge in [-0.15, -0.1) is 10.2 Å². The van der Waals surface area contributed by atoms with Crippen LogP contribution in [-0.4, -0.2) is 34.5 Å². The number of rotatable bonds is 8. The molecule has 0 amide bonds. The van der Waals surface area contributed by atoms with Crippen LogP contribution < -0.4 is 9.47 Å². The second kappa shape index (κ2) is 9.61. The Balaban J connectivity index is 1.84. The molecule has 0 saturated carbocycles. The van der Waals surface area contributed by atoms with Crippen molar-refractivity contribution in [1.82, 2.24) is 14.9 Å². The minimum atomic E-state index is -2.83. The first-order valence-electron chi connectivity index (χ1n) is 8.49. The summed E-state index contributed by atoms with van der Waals surface area (Å²) in [4.78, 5) is 0. The number of halogens is 4. The molecule has 0 atom stereocenters. The molecule has 30 heavy (non-hydrogen) atoms. The predicted octanol–water partition coefficient (Wildman–Crippen LogP) is 4.69. The van der Waals surface area contributed by atoms with E-state index in [0.717, 1.165) is 28.6 Å². The highest BCUT2D eigenvalue weighted by molar-refractivity contribution is 7.98. The quantitative estimate of drug-likeness (QED) is 0.289. The second-order valence-electron chi connectivity index (χ2n) is 5.84. The summed E-state index contributed by atoms with van der Waals surface area (Å²) >= 11 is 1.13.